The Kier molecular flexibility index (Phi) is 5.75. The van der Waals surface area contributed by atoms with E-state index in [1.54, 1.807) is 25.2 Å². The number of carbonyl (C=O) groups excluding carboxylic acids is 2. The zero-order valence-electron chi connectivity index (χ0n) is 15.0. The third-order valence-electron chi connectivity index (χ3n) is 4.20. The summed E-state index contributed by atoms with van der Waals surface area (Å²) in [7, 11) is 1.55. The predicted molar refractivity (Wildman–Crippen MR) is 104 cm³/mol. The van der Waals surface area contributed by atoms with Crippen LogP contribution < -0.4 is 4.90 Å². The van der Waals surface area contributed by atoms with Gasteiger partial charge in [-0.2, -0.15) is 0 Å². The number of amides is 1. The molecule has 1 amide bonds. The molecule has 3 rings (SSSR count). The van der Waals surface area contributed by atoms with E-state index in [0.29, 0.717) is 22.0 Å². The quantitative estimate of drug-likeness (QED) is 0.778. The van der Waals surface area contributed by atoms with E-state index in [0.717, 1.165) is 5.56 Å². The number of aliphatic imine (C=N–C) groups is 1. The van der Waals surface area contributed by atoms with E-state index in [1.807, 2.05) is 30.3 Å². The first-order valence-corrected chi connectivity index (χ1v) is 8.86. The molecule has 8 heteroatoms. The lowest BCUT2D eigenvalue weighted by molar-refractivity contribution is -0.155. The molecule has 0 aliphatic carbocycles. The number of halogens is 1. The first-order chi connectivity index (χ1) is 13.4. The van der Waals surface area contributed by atoms with Crippen LogP contribution in [-0.2, 0) is 19.1 Å². The third kappa shape index (κ3) is 4.20. The van der Waals surface area contributed by atoms with Crippen LogP contribution in [0.25, 0.3) is 0 Å². The lowest BCUT2D eigenvalue weighted by atomic mass is 10.0. The second-order valence-corrected chi connectivity index (χ2v) is 6.57. The SMILES string of the molecule is CN1C(=O)C(OC(=O)CCC(=O)O)N=C(c2ccccc2)c2cc(Cl)ccc21. The number of fused-ring (bicyclic) bond motifs is 1. The highest BCUT2D eigenvalue weighted by Gasteiger charge is 2.32. The molecule has 1 atom stereocenters. The van der Waals surface area contributed by atoms with Crippen LogP contribution in [0.2, 0.25) is 5.02 Å². The lowest BCUT2D eigenvalue weighted by Gasteiger charge is -2.20. The summed E-state index contributed by atoms with van der Waals surface area (Å²) in [5.74, 6) is -2.48. The summed E-state index contributed by atoms with van der Waals surface area (Å²) in [6.07, 6.45) is -2.16. The topological polar surface area (TPSA) is 96.3 Å². The number of carbonyl (C=O) groups is 3. The van der Waals surface area contributed by atoms with Gasteiger partial charge in [0, 0.05) is 23.2 Å². The number of anilines is 1. The maximum atomic E-state index is 12.8. The van der Waals surface area contributed by atoms with Gasteiger partial charge >= 0.3 is 11.9 Å². The Hall–Kier alpha value is -3.19. The first-order valence-electron chi connectivity index (χ1n) is 8.49. The lowest BCUT2D eigenvalue weighted by Crippen LogP contribution is -2.37. The van der Waals surface area contributed by atoms with Gasteiger partial charge in [-0.05, 0) is 18.2 Å². The van der Waals surface area contributed by atoms with E-state index in [-0.39, 0.29) is 12.8 Å². The number of nitrogens with zero attached hydrogens (tertiary/aromatic N) is 2. The molecule has 0 saturated carbocycles. The Morgan fingerprint density at radius 1 is 1.18 bits per heavy atom. The van der Waals surface area contributed by atoms with Crippen LogP contribution in [0.15, 0.2) is 53.5 Å². The van der Waals surface area contributed by atoms with E-state index in [1.165, 1.54) is 4.90 Å². The molecule has 1 unspecified atom stereocenters. The minimum Gasteiger partial charge on any atom is -0.481 e. The summed E-state index contributed by atoms with van der Waals surface area (Å²) in [5, 5.41) is 9.19. The van der Waals surface area contributed by atoms with Gasteiger partial charge < -0.3 is 14.7 Å². The van der Waals surface area contributed by atoms with Crippen molar-refractivity contribution >= 4 is 40.8 Å². The van der Waals surface area contributed by atoms with Crippen LogP contribution in [0.3, 0.4) is 0 Å². The Bertz CT molecular complexity index is 958. The van der Waals surface area contributed by atoms with Gasteiger partial charge in [0.25, 0.3) is 12.1 Å². The molecule has 0 radical (unpaired) electrons. The molecule has 0 spiro atoms. The molecule has 144 valence electrons. The summed E-state index contributed by atoms with van der Waals surface area (Å²) in [4.78, 5) is 41.3. The maximum Gasteiger partial charge on any atom is 0.308 e. The Labute approximate surface area is 166 Å². The largest absolute Gasteiger partial charge is 0.481 e. The van der Waals surface area contributed by atoms with Crippen LogP contribution in [0.4, 0.5) is 5.69 Å². The normalized spacial score (nSPS) is 16.1. The van der Waals surface area contributed by atoms with Gasteiger partial charge in [-0.3, -0.25) is 14.4 Å². The van der Waals surface area contributed by atoms with Gasteiger partial charge in [-0.25, -0.2) is 4.99 Å². The van der Waals surface area contributed by atoms with Crippen LogP contribution in [0.1, 0.15) is 24.0 Å². The molecule has 1 aliphatic heterocycles. The highest BCUT2D eigenvalue weighted by Crippen LogP contribution is 2.30. The molecule has 0 aromatic heterocycles. The van der Waals surface area contributed by atoms with Crippen molar-refractivity contribution in [2.24, 2.45) is 4.99 Å². The molecule has 1 heterocycles. The molecule has 0 saturated heterocycles. The smallest absolute Gasteiger partial charge is 0.308 e. The van der Waals surface area contributed by atoms with E-state index in [9.17, 15) is 14.4 Å². The monoisotopic (exact) mass is 400 g/mol. The van der Waals surface area contributed by atoms with Crippen LogP contribution in [0, 0.1) is 0 Å². The number of rotatable bonds is 5. The molecule has 0 fully saturated rings. The first kappa shape index (κ1) is 19.6. The third-order valence-corrected chi connectivity index (χ3v) is 4.43. The number of hydrogen-bond acceptors (Lipinski definition) is 5. The molecular weight excluding hydrogens is 384 g/mol. The summed E-state index contributed by atoms with van der Waals surface area (Å²) in [5.41, 5.74) is 2.37. The van der Waals surface area contributed by atoms with Gasteiger partial charge in [0.1, 0.15) is 0 Å². The average molecular weight is 401 g/mol. The van der Waals surface area contributed by atoms with E-state index >= 15 is 0 Å². The number of benzene rings is 2. The number of hydrogen-bond donors (Lipinski definition) is 1. The molecule has 2 aromatic rings. The molecule has 2 aromatic carbocycles. The Balaban J connectivity index is 2.05. The average Bonchev–Trinajstić information content (AvgIpc) is 2.77. The zero-order valence-corrected chi connectivity index (χ0v) is 15.7. The van der Waals surface area contributed by atoms with Crippen molar-refractivity contribution in [1.82, 2.24) is 0 Å². The maximum absolute atomic E-state index is 12.8. The van der Waals surface area contributed by atoms with E-state index in [4.69, 9.17) is 21.4 Å². The Morgan fingerprint density at radius 3 is 2.57 bits per heavy atom. The van der Waals surface area contributed by atoms with Gasteiger partial charge in [0.05, 0.1) is 24.2 Å². The van der Waals surface area contributed by atoms with Gasteiger partial charge in [-0.15, -0.1) is 0 Å². The highest BCUT2D eigenvalue weighted by molar-refractivity contribution is 6.32. The second-order valence-electron chi connectivity index (χ2n) is 6.14. The van der Waals surface area contributed by atoms with Crippen molar-refractivity contribution in [3.8, 4) is 0 Å². The number of esters is 1. The fraction of sp³-hybridized carbons (Fsp3) is 0.200. The standard InChI is InChI=1S/C20H17ClN2O5/c1-23-15-8-7-13(21)11-14(15)18(12-5-3-2-4-6-12)22-19(20(23)27)28-17(26)10-9-16(24)25/h2-8,11,19H,9-10H2,1H3,(H,24,25). The summed E-state index contributed by atoms with van der Waals surface area (Å²) in [6, 6.07) is 14.2. The van der Waals surface area contributed by atoms with Crippen molar-refractivity contribution in [3.63, 3.8) is 0 Å². The summed E-state index contributed by atoms with van der Waals surface area (Å²) in [6.45, 7) is 0. The van der Waals surface area contributed by atoms with Crippen LogP contribution in [-0.4, -0.2) is 41.9 Å². The van der Waals surface area contributed by atoms with Gasteiger partial charge in [0.2, 0.25) is 0 Å². The molecule has 7 nitrogen and oxygen atoms in total. The number of benzodiazepines with no additional fused rings is 1. The molecule has 1 aliphatic rings. The van der Waals surface area contributed by atoms with Gasteiger partial charge in [0.15, 0.2) is 0 Å². The minimum absolute atomic E-state index is 0.349. The van der Waals surface area contributed by atoms with Crippen molar-refractivity contribution in [2.45, 2.75) is 19.1 Å². The van der Waals surface area contributed by atoms with Crippen molar-refractivity contribution in [1.29, 1.82) is 0 Å². The van der Waals surface area contributed by atoms with Crippen LogP contribution in [0.5, 0.6) is 0 Å². The van der Waals surface area contributed by atoms with Gasteiger partial charge in [-0.1, -0.05) is 41.9 Å². The van der Waals surface area contributed by atoms with E-state index in [2.05, 4.69) is 4.99 Å². The predicted octanol–water partition coefficient (Wildman–Crippen LogP) is 2.89. The summed E-state index contributed by atoms with van der Waals surface area (Å²) < 4.78 is 5.20. The van der Waals surface area contributed by atoms with E-state index < -0.39 is 24.1 Å². The number of carboxylic acid groups (broad SMARTS) is 1. The number of ether oxygens (including phenoxy) is 1. The number of carboxylic acids is 1. The molecule has 0 bridgehead atoms. The number of aliphatic carboxylic acids is 1. The van der Waals surface area contributed by atoms with Crippen molar-refractivity contribution in [2.75, 3.05) is 11.9 Å². The molecule has 28 heavy (non-hydrogen) atoms. The second kappa shape index (κ2) is 8.22. The minimum atomic E-state index is -1.42. The molecular formula is C20H17ClN2O5. The zero-order chi connectivity index (χ0) is 20.3. The Morgan fingerprint density at radius 2 is 1.89 bits per heavy atom. The molecule has 1 N–H and O–H groups in total. The number of likely N-dealkylation sites (N-methyl/N-ethyl adjacent to an activating group) is 1. The highest BCUT2D eigenvalue weighted by atomic mass is 35.5. The van der Waals surface area contributed by atoms with Crippen molar-refractivity contribution < 1.29 is 24.2 Å². The van der Waals surface area contributed by atoms with Crippen LogP contribution >= 0.6 is 11.6 Å². The fourth-order valence-corrected chi connectivity index (χ4v) is 2.98. The van der Waals surface area contributed by atoms with Crippen molar-refractivity contribution in [3.05, 3.63) is 64.7 Å². The summed E-state index contributed by atoms with van der Waals surface area (Å²) >= 11 is 6.16. The fourth-order valence-electron chi connectivity index (χ4n) is 2.81.